The first kappa shape index (κ1) is 8.48. The highest BCUT2D eigenvalue weighted by molar-refractivity contribution is 5.26. The van der Waals surface area contributed by atoms with E-state index in [0.29, 0.717) is 0 Å². The number of nitrogens with one attached hydrogen (secondary N) is 1. The Morgan fingerprint density at radius 1 is 1.43 bits per heavy atom. The molecule has 76 valence electrons. The van der Waals surface area contributed by atoms with Crippen LogP contribution in [0.5, 0.6) is 0 Å². The summed E-state index contributed by atoms with van der Waals surface area (Å²) in [5.41, 5.74) is 2.89. The number of nitrogens with zero attached hydrogens (tertiary/aromatic N) is 2. The molecule has 0 bridgehead atoms. The Morgan fingerprint density at radius 2 is 2.21 bits per heavy atom. The molecule has 2 saturated carbocycles. The highest BCUT2D eigenvalue weighted by atomic mass is 15.3. The molecule has 1 N–H and O–H groups in total. The Morgan fingerprint density at radius 3 is 2.86 bits per heavy atom. The van der Waals surface area contributed by atoms with Crippen molar-refractivity contribution in [2.75, 3.05) is 0 Å². The van der Waals surface area contributed by atoms with Gasteiger partial charge in [-0.15, -0.1) is 0 Å². The lowest BCUT2D eigenvalue weighted by molar-refractivity contribution is 0.619. The van der Waals surface area contributed by atoms with Crippen LogP contribution >= 0.6 is 0 Å². The zero-order valence-electron chi connectivity index (χ0n) is 8.66. The molecule has 0 spiro atoms. The van der Waals surface area contributed by atoms with Crippen LogP contribution in [0.1, 0.15) is 42.9 Å². The highest BCUT2D eigenvalue weighted by Gasteiger charge is 2.29. The second-order valence-corrected chi connectivity index (χ2v) is 4.60. The minimum atomic E-state index is 0.789. The molecule has 1 aromatic rings. The van der Waals surface area contributed by atoms with E-state index in [1.54, 1.807) is 0 Å². The Kier molecular flexibility index (Phi) is 1.87. The van der Waals surface area contributed by atoms with Crippen LogP contribution in [0.3, 0.4) is 0 Å². The van der Waals surface area contributed by atoms with E-state index >= 15 is 0 Å². The van der Waals surface area contributed by atoms with E-state index in [0.717, 1.165) is 18.5 Å². The van der Waals surface area contributed by atoms with E-state index in [1.165, 1.54) is 36.9 Å². The van der Waals surface area contributed by atoms with Crippen molar-refractivity contribution in [3.63, 3.8) is 0 Å². The quantitative estimate of drug-likeness (QED) is 0.782. The van der Waals surface area contributed by atoms with Gasteiger partial charge in [0.15, 0.2) is 0 Å². The number of aromatic nitrogens is 2. The SMILES string of the molecule is Cn1ncc(C2CC2)c1CNC1CC1. The molecule has 2 aliphatic rings. The van der Waals surface area contributed by atoms with Crippen molar-refractivity contribution in [1.82, 2.24) is 15.1 Å². The van der Waals surface area contributed by atoms with Crippen molar-refractivity contribution in [2.45, 2.75) is 44.2 Å². The lowest BCUT2D eigenvalue weighted by atomic mass is 10.1. The van der Waals surface area contributed by atoms with E-state index in [2.05, 4.69) is 23.7 Å². The summed E-state index contributed by atoms with van der Waals surface area (Å²) >= 11 is 0. The molecule has 0 aliphatic heterocycles. The van der Waals surface area contributed by atoms with Crippen LogP contribution in [0.4, 0.5) is 0 Å². The Hall–Kier alpha value is -0.830. The summed E-state index contributed by atoms with van der Waals surface area (Å²) in [5.74, 6) is 0.819. The predicted octanol–water partition coefficient (Wildman–Crippen LogP) is 1.55. The predicted molar refractivity (Wildman–Crippen MR) is 55.0 cm³/mol. The van der Waals surface area contributed by atoms with Gasteiger partial charge in [0.1, 0.15) is 0 Å². The fourth-order valence-electron chi connectivity index (χ4n) is 1.96. The van der Waals surface area contributed by atoms with Crippen LogP contribution in [0.25, 0.3) is 0 Å². The van der Waals surface area contributed by atoms with E-state index in [9.17, 15) is 0 Å². The molecule has 3 rings (SSSR count). The molecule has 2 aliphatic carbocycles. The first-order valence-electron chi connectivity index (χ1n) is 5.59. The van der Waals surface area contributed by atoms with Crippen LogP contribution in [-0.4, -0.2) is 15.8 Å². The van der Waals surface area contributed by atoms with Gasteiger partial charge in [0.2, 0.25) is 0 Å². The van der Waals surface area contributed by atoms with Gasteiger partial charge in [0, 0.05) is 19.6 Å². The number of rotatable bonds is 4. The lowest BCUT2D eigenvalue weighted by Gasteiger charge is -2.06. The van der Waals surface area contributed by atoms with Crippen LogP contribution in [-0.2, 0) is 13.6 Å². The van der Waals surface area contributed by atoms with E-state index in [4.69, 9.17) is 0 Å². The minimum absolute atomic E-state index is 0.789. The Bertz CT molecular complexity index is 334. The number of hydrogen-bond acceptors (Lipinski definition) is 2. The van der Waals surface area contributed by atoms with Crippen LogP contribution in [0, 0.1) is 0 Å². The van der Waals surface area contributed by atoms with Gasteiger partial charge in [-0.05, 0) is 37.2 Å². The van der Waals surface area contributed by atoms with Crippen molar-refractivity contribution in [3.8, 4) is 0 Å². The molecule has 2 fully saturated rings. The molecule has 0 atom stereocenters. The van der Waals surface area contributed by atoms with Crippen molar-refractivity contribution in [2.24, 2.45) is 7.05 Å². The third-order valence-corrected chi connectivity index (χ3v) is 3.25. The molecule has 3 nitrogen and oxygen atoms in total. The average molecular weight is 191 g/mol. The van der Waals surface area contributed by atoms with E-state index < -0.39 is 0 Å². The molecule has 0 amide bonds. The molecule has 0 aromatic carbocycles. The summed E-state index contributed by atoms with van der Waals surface area (Å²) in [6, 6.07) is 0.789. The van der Waals surface area contributed by atoms with Gasteiger partial charge >= 0.3 is 0 Å². The van der Waals surface area contributed by atoms with Gasteiger partial charge in [0.05, 0.1) is 11.9 Å². The van der Waals surface area contributed by atoms with Crippen LogP contribution in [0.15, 0.2) is 6.20 Å². The third kappa shape index (κ3) is 1.57. The zero-order valence-corrected chi connectivity index (χ0v) is 8.66. The second kappa shape index (κ2) is 3.09. The van der Waals surface area contributed by atoms with Gasteiger partial charge in [-0.3, -0.25) is 4.68 Å². The normalized spacial score (nSPS) is 21.5. The highest BCUT2D eigenvalue weighted by Crippen LogP contribution is 2.41. The summed E-state index contributed by atoms with van der Waals surface area (Å²) in [6.07, 6.45) is 7.50. The third-order valence-electron chi connectivity index (χ3n) is 3.25. The number of hydrogen-bond donors (Lipinski definition) is 1. The fraction of sp³-hybridized carbons (Fsp3) is 0.727. The summed E-state index contributed by atoms with van der Waals surface area (Å²) in [7, 11) is 2.05. The first-order chi connectivity index (χ1) is 6.84. The molecule has 1 aromatic heterocycles. The molecular weight excluding hydrogens is 174 g/mol. The molecular formula is C11H17N3. The monoisotopic (exact) mass is 191 g/mol. The van der Waals surface area contributed by atoms with Crippen LogP contribution in [0.2, 0.25) is 0 Å². The van der Waals surface area contributed by atoms with Gasteiger partial charge in [0.25, 0.3) is 0 Å². The molecule has 3 heteroatoms. The molecule has 14 heavy (non-hydrogen) atoms. The maximum Gasteiger partial charge on any atom is 0.0553 e. The Labute approximate surface area is 84.5 Å². The smallest absolute Gasteiger partial charge is 0.0553 e. The maximum absolute atomic E-state index is 4.35. The first-order valence-corrected chi connectivity index (χ1v) is 5.59. The molecule has 0 radical (unpaired) electrons. The standard InChI is InChI=1S/C11H17N3/c1-14-11(7-12-9-4-5-9)10(6-13-14)8-2-3-8/h6,8-9,12H,2-5,7H2,1H3. The van der Waals surface area contributed by atoms with Crippen molar-refractivity contribution in [1.29, 1.82) is 0 Å². The average Bonchev–Trinajstić information content (AvgIpc) is 3.04. The van der Waals surface area contributed by atoms with Crippen LogP contribution < -0.4 is 5.32 Å². The van der Waals surface area contributed by atoms with Crippen molar-refractivity contribution in [3.05, 3.63) is 17.5 Å². The van der Waals surface area contributed by atoms with Gasteiger partial charge in [-0.25, -0.2) is 0 Å². The molecule has 1 heterocycles. The van der Waals surface area contributed by atoms with Crippen molar-refractivity contribution < 1.29 is 0 Å². The van der Waals surface area contributed by atoms with Gasteiger partial charge in [-0.2, -0.15) is 5.10 Å². The van der Waals surface area contributed by atoms with E-state index in [1.807, 2.05) is 4.68 Å². The zero-order chi connectivity index (χ0) is 9.54. The van der Waals surface area contributed by atoms with Gasteiger partial charge in [-0.1, -0.05) is 0 Å². The Balaban J connectivity index is 1.74. The van der Waals surface area contributed by atoms with Crippen molar-refractivity contribution >= 4 is 0 Å². The summed E-state index contributed by atoms with van der Waals surface area (Å²) in [6.45, 7) is 1.01. The summed E-state index contributed by atoms with van der Waals surface area (Å²) in [5, 5.41) is 7.91. The summed E-state index contributed by atoms with van der Waals surface area (Å²) in [4.78, 5) is 0. The number of aryl methyl sites for hydroxylation is 1. The molecule has 0 unspecified atom stereocenters. The van der Waals surface area contributed by atoms with Gasteiger partial charge < -0.3 is 5.32 Å². The summed E-state index contributed by atoms with van der Waals surface area (Å²) < 4.78 is 2.03. The maximum atomic E-state index is 4.35. The largest absolute Gasteiger partial charge is 0.308 e. The fourth-order valence-corrected chi connectivity index (χ4v) is 1.96. The lowest BCUT2D eigenvalue weighted by Crippen LogP contribution is -2.18. The minimum Gasteiger partial charge on any atom is -0.308 e. The second-order valence-electron chi connectivity index (χ2n) is 4.60. The topological polar surface area (TPSA) is 29.9 Å². The molecule has 0 saturated heterocycles. The van der Waals surface area contributed by atoms with E-state index in [-0.39, 0.29) is 0 Å².